The summed E-state index contributed by atoms with van der Waals surface area (Å²) in [4.78, 5) is 0. The summed E-state index contributed by atoms with van der Waals surface area (Å²) < 4.78 is 31.6. The van der Waals surface area contributed by atoms with Crippen molar-refractivity contribution in [2.75, 3.05) is 0 Å². The first kappa shape index (κ1) is 22.4. The molecule has 0 unspecified atom stereocenters. The SMILES string of the molecule is NO.O=S(=O)(O)O.[K+].[OH-]. The van der Waals surface area contributed by atoms with Gasteiger partial charge in [0, 0.05) is 0 Å². The van der Waals surface area contributed by atoms with E-state index >= 15 is 0 Å². The number of hydrogen-bond donors (Lipinski definition) is 4. The van der Waals surface area contributed by atoms with Gasteiger partial charge in [-0.3, -0.25) is 9.11 Å². The summed E-state index contributed by atoms with van der Waals surface area (Å²) in [5, 5.41) is 6.50. The molecule has 0 aliphatic heterocycles. The second-order valence-electron chi connectivity index (χ2n) is 0.448. The van der Waals surface area contributed by atoms with Gasteiger partial charge in [-0.25, -0.2) is 5.90 Å². The molecule has 0 aliphatic carbocycles. The number of hydrogen-bond acceptors (Lipinski definition) is 5. The fraction of sp³-hybridized carbons (Fsp3) is 0. The fourth-order valence-corrected chi connectivity index (χ4v) is 0. The van der Waals surface area contributed by atoms with Crippen molar-refractivity contribution >= 4 is 10.4 Å². The van der Waals surface area contributed by atoms with Crippen molar-refractivity contribution in [1.82, 2.24) is 0 Å². The van der Waals surface area contributed by atoms with E-state index in [0.29, 0.717) is 0 Å². The van der Waals surface area contributed by atoms with Crippen LogP contribution < -0.4 is 57.3 Å². The molecule has 0 aliphatic rings. The van der Waals surface area contributed by atoms with Gasteiger partial charge in [-0.1, -0.05) is 0 Å². The van der Waals surface area contributed by atoms with E-state index in [2.05, 4.69) is 5.90 Å². The molecule has 0 radical (unpaired) electrons. The summed E-state index contributed by atoms with van der Waals surface area (Å²) in [6.45, 7) is 0. The quantitative estimate of drug-likeness (QED) is 0.169. The first-order chi connectivity index (χ1) is 3.00. The van der Waals surface area contributed by atoms with E-state index in [0.717, 1.165) is 0 Å². The van der Waals surface area contributed by atoms with Crippen molar-refractivity contribution in [3.05, 3.63) is 0 Å². The summed E-state index contributed by atoms with van der Waals surface area (Å²) in [6.07, 6.45) is 0. The second-order valence-corrected chi connectivity index (χ2v) is 1.34. The Hall–Kier alpha value is 1.39. The van der Waals surface area contributed by atoms with E-state index in [1.54, 1.807) is 0 Å². The normalized spacial score (nSPS) is 7.11. The molecule has 54 valence electrons. The van der Waals surface area contributed by atoms with Crippen LogP contribution in [0.2, 0.25) is 0 Å². The fourth-order valence-electron chi connectivity index (χ4n) is 0. The van der Waals surface area contributed by atoms with Crippen LogP contribution in [0.25, 0.3) is 0 Å². The predicted molar refractivity (Wildman–Crippen MR) is 22.1 cm³/mol. The monoisotopic (exact) mass is 187 g/mol. The molecular weight excluding hydrogens is 181 g/mol. The summed E-state index contributed by atoms with van der Waals surface area (Å²) in [6, 6.07) is 0. The molecule has 7 nitrogen and oxygen atoms in total. The van der Waals surface area contributed by atoms with Gasteiger partial charge in [-0.2, -0.15) is 8.42 Å². The van der Waals surface area contributed by atoms with Gasteiger partial charge in [0.05, 0.1) is 0 Å². The molecule has 0 bridgehead atoms. The van der Waals surface area contributed by atoms with E-state index in [-0.39, 0.29) is 56.9 Å². The molecule has 0 aromatic heterocycles. The van der Waals surface area contributed by atoms with Gasteiger partial charge in [-0.15, -0.1) is 0 Å². The van der Waals surface area contributed by atoms with Crippen LogP contribution in [0.5, 0.6) is 0 Å². The minimum Gasteiger partial charge on any atom is -0.870 e. The van der Waals surface area contributed by atoms with Crippen molar-refractivity contribution in [2.24, 2.45) is 5.90 Å². The maximum absolute atomic E-state index is 8.74. The predicted octanol–water partition coefficient (Wildman–Crippen LogP) is -4.49. The molecule has 0 heterocycles. The maximum atomic E-state index is 8.74. The molecule has 9 heteroatoms. The summed E-state index contributed by atoms with van der Waals surface area (Å²) >= 11 is 0. The zero-order valence-corrected chi connectivity index (χ0v) is 8.53. The van der Waals surface area contributed by atoms with Gasteiger partial charge in [0.2, 0.25) is 0 Å². The second kappa shape index (κ2) is 12.1. The van der Waals surface area contributed by atoms with Crippen LogP contribution >= 0.6 is 0 Å². The standard InChI is InChI=1S/K.H3NO.H2O4S.H2O/c;1-2;1-5(2,3)4;/h;2H,1H2;(H2,1,2,3,4);1H2/q+1;;;/p-1. The third kappa shape index (κ3) is 266. The Morgan fingerprint density at radius 1 is 1.11 bits per heavy atom. The Kier molecular flexibility index (Phi) is 30.2. The maximum Gasteiger partial charge on any atom is 1.00 e. The average Bonchev–Trinajstić information content (AvgIpc) is 1.36. The zero-order chi connectivity index (χ0) is 6.50. The summed E-state index contributed by atoms with van der Waals surface area (Å²) in [5.74, 6) is 3.50. The summed E-state index contributed by atoms with van der Waals surface area (Å²) in [5.41, 5.74) is 0. The molecule has 0 spiro atoms. The van der Waals surface area contributed by atoms with Gasteiger partial charge in [0.25, 0.3) is 0 Å². The topological polar surface area (TPSA) is 151 Å². The van der Waals surface area contributed by atoms with Crippen molar-refractivity contribution in [3.63, 3.8) is 0 Å². The van der Waals surface area contributed by atoms with Crippen LogP contribution in [-0.2, 0) is 10.4 Å². The van der Waals surface area contributed by atoms with Crippen molar-refractivity contribution in [2.45, 2.75) is 0 Å². The Morgan fingerprint density at radius 3 is 1.11 bits per heavy atom. The van der Waals surface area contributed by atoms with Crippen LogP contribution in [0.1, 0.15) is 0 Å². The largest absolute Gasteiger partial charge is 1.00 e. The Balaban J connectivity index is -0.0000000286. The van der Waals surface area contributed by atoms with Crippen LogP contribution in [0, 0.1) is 0 Å². The number of rotatable bonds is 0. The molecule has 0 saturated heterocycles. The number of nitrogens with two attached hydrogens (primary N) is 1. The minimum atomic E-state index is -4.67. The molecule has 0 saturated carbocycles. The van der Waals surface area contributed by atoms with Crippen molar-refractivity contribution in [3.8, 4) is 0 Å². The smallest absolute Gasteiger partial charge is 0.870 e. The van der Waals surface area contributed by atoms with E-state index in [4.69, 9.17) is 22.7 Å². The van der Waals surface area contributed by atoms with E-state index in [1.807, 2.05) is 0 Å². The van der Waals surface area contributed by atoms with E-state index < -0.39 is 10.4 Å². The van der Waals surface area contributed by atoms with Gasteiger partial charge in [0.1, 0.15) is 0 Å². The van der Waals surface area contributed by atoms with Gasteiger partial charge < -0.3 is 10.7 Å². The average molecular weight is 187 g/mol. The third-order valence-electron chi connectivity index (χ3n) is 0. The Labute approximate surface area is 94.5 Å². The molecule has 9 heavy (non-hydrogen) atoms. The minimum absolute atomic E-state index is 0. The van der Waals surface area contributed by atoms with E-state index in [9.17, 15) is 0 Å². The van der Waals surface area contributed by atoms with Crippen molar-refractivity contribution < 1.29 is 79.6 Å². The molecule has 0 aromatic rings. The van der Waals surface area contributed by atoms with E-state index in [1.165, 1.54) is 0 Å². The molecule has 0 aromatic carbocycles. The van der Waals surface area contributed by atoms with Crippen LogP contribution in [0.3, 0.4) is 0 Å². The van der Waals surface area contributed by atoms with Crippen LogP contribution in [0.4, 0.5) is 0 Å². The molecule has 6 N–H and O–H groups in total. The van der Waals surface area contributed by atoms with Crippen molar-refractivity contribution in [1.29, 1.82) is 0 Å². The molecule has 0 fully saturated rings. The Bertz CT molecular complexity index is 96.2. The molecule has 0 atom stereocenters. The first-order valence-electron chi connectivity index (χ1n) is 0.957. The molecule has 0 rings (SSSR count). The Morgan fingerprint density at radius 2 is 1.11 bits per heavy atom. The van der Waals surface area contributed by atoms with Crippen LogP contribution in [-0.4, -0.2) is 28.2 Å². The molecular formula is H6KNO6S. The molecule has 0 amide bonds. The summed E-state index contributed by atoms with van der Waals surface area (Å²) in [7, 11) is -4.67. The zero-order valence-electron chi connectivity index (χ0n) is 4.59. The third-order valence-corrected chi connectivity index (χ3v) is 0. The van der Waals surface area contributed by atoms with Gasteiger partial charge >= 0.3 is 61.8 Å². The first-order valence-corrected chi connectivity index (χ1v) is 2.35. The van der Waals surface area contributed by atoms with Gasteiger partial charge in [-0.05, 0) is 0 Å². The van der Waals surface area contributed by atoms with Gasteiger partial charge in [0.15, 0.2) is 0 Å². The van der Waals surface area contributed by atoms with Crippen LogP contribution in [0.15, 0.2) is 0 Å².